The molecule has 1 N–H and O–H groups in total. The van der Waals surface area contributed by atoms with Gasteiger partial charge in [0, 0.05) is 55.8 Å². The highest BCUT2D eigenvalue weighted by Crippen LogP contribution is 2.34. The van der Waals surface area contributed by atoms with E-state index in [4.69, 9.17) is 4.74 Å². The number of carbonyl (C=O) groups excluding carboxylic acids is 1. The van der Waals surface area contributed by atoms with Crippen LogP contribution >= 0.6 is 11.3 Å². The normalized spacial score (nSPS) is 25.9. The molecule has 0 unspecified atom stereocenters. The number of fused-ring (bicyclic) bond motifs is 1. The maximum Gasteiger partial charge on any atom is 0.270 e. The van der Waals surface area contributed by atoms with Crippen LogP contribution in [0.2, 0.25) is 0 Å². The van der Waals surface area contributed by atoms with E-state index in [-0.39, 0.29) is 12.0 Å². The van der Waals surface area contributed by atoms with Gasteiger partial charge in [0.1, 0.15) is 5.69 Å². The molecule has 0 aromatic carbocycles. The van der Waals surface area contributed by atoms with Crippen LogP contribution in [0.15, 0.2) is 29.9 Å². The third-order valence-electron chi connectivity index (χ3n) is 5.02. The van der Waals surface area contributed by atoms with Crippen LogP contribution < -0.4 is 5.32 Å². The second kappa shape index (κ2) is 7.19. The lowest BCUT2D eigenvalue weighted by molar-refractivity contribution is 0.0901. The minimum absolute atomic E-state index is 0.0852. The molecule has 2 fully saturated rings. The smallest absolute Gasteiger partial charge is 0.270 e. The van der Waals surface area contributed by atoms with E-state index in [1.54, 1.807) is 6.20 Å². The number of carbonyl (C=O) groups is 1. The van der Waals surface area contributed by atoms with Crippen molar-refractivity contribution in [3.05, 3.63) is 46.2 Å². The third-order valence-corrected chi connectivity index (χ3v) is 5.79. The number of pyridine rings is 1. The van der Waals surface area contributed by atoms with Crippen LogP contribution in [0.3, 0.4) is 0 Å². The molecule has 25 heavy (non-hydrogen) atoms. The molecule has 2 aliphatic rings. The molecule has 2 aromatic rings. The first-order chi connectivity index (χ1) is 12.2. The number of aryl methyl sites for hydroxylation is 1. The average molecular weight is 358 g/mol. The lowest BCUT2D eigenvalue weighted by Crippen LogP contribution is -2.34. The first kappa shape index (κ1) is 16.6. The van der Waals surface area contributed by atoms with E-state index >= 15 is 0 Å². The van der Waals surface area contributed by atoms with E-state index in [1.165, 1.54) is 16.9 Å². The first-order valence-electron chi connectivity index (χ1n) is 8.62. The summed E-state index contributed by atoms with van der Waals surface area (Å²) in [6, 6.07) is 4.08. The number of aromatic nitrogens is 2. The summed E-state index contributed by atoms with van der Waals surface area (Å²) < 4.78 is 5.98. The number of hydrogen-bond acceptors (Lipinski definition) is 6. The minimum atomic E-state index is -0.0852. The molecular formula is C18H22N4O2S. The quantitative estimate of drug-likeness (QED) is 0.882. The zero-order valence-corrected chi connectivity index (χ0v) is 15.0. The van der Waals surface area contributed by atoms with E-state index in [9.17, 15) is 4.79 Å². The number of rotatable bonds is 5. The summed E-state index contributed by atoms with van der Waals surface area (Å²) in [5.74, 6) is 0.764. The highest BCUT2D eigenvalue weighted by molar-refractivity contribution is 7.09. The van der Waals surface area contributed by atoms with Crippen molar-refractivity contribution < 1.29 is 9.53 Å². The number of nitrogens with one attached hydrogen (secondary N) is 1. The second-order valence-corrected chi connectivity index (χ2v) is 7.88. The molecule has 2 saturated heterocycles. The topological polar surface area (TPSA) is 67.3 Å². The predicted molar refractivity (Wildman–Crippen MR) is 95.4 cm³/mol. The monoisotopic (exact) mass is 358 g/mol. The van der Waals surface area contributed by atoms with Gasteiger partial charge in [-0.15, -0.1) is 11.3 Å². The van der Waals surface area contributed by atoms with Crippen molar-refractivity contribution >= 4 is 17.2 Å². The molecule has 0 spiro atoms. The summed E-state index contributed by atoms with van der Waals surface area (Å²) >= 11 is 1.50. The number of likely N-dealkylation sites (tertiary alicyclic amines) is 1. The summed E-state index contributed by atoms with van der Waals surface area (Å²) in [7, 11) is 0. The van der Waals surface area contributed by atoms with Gasteiger partial charge in [0.2, 0.25) is 0 Å². The minimum Gasteiger partial charge on any atom is -0.376 e. The van der Waals surface area contributed by atoms with Crippen molar-refractivity contribution in [1.29, 1.82) is 0 Å². The highest BCUT2D eigenvalue weighted by atomic mass is 32.1. The maximum absolute atomic E-state index is 12.2. The molecule has 0 bridgehead atoms. The summed E-state index contributed by atoms with van der Waals surface area (Å²) in [5.41, 5.74) is 1.74. The van der Waals surface area contributed by atoms with Gasteiger partial charge in [0.15, 0.2) is 0 Å². The summed E-state index contributed by atoms with van der Waals surface area (Å²) in [6.07, 6.45) is 4.00. The Morgan fingerprint density at radius 2 is 2.40 bits per heavy atom. The van der Waals surface area contributed by atoms with Crippen LogP contribution in [0.5, 0.6) is 0 Å². The Kier molecular flexibility index (Phi) is 4.78. The van der Waals surface area contributed by atoms with Crippen molar-refractivity contribution in [2.24, 2.45) is 11.8 Å². The third kappa shape index (κ3) is 3.73. The molecule has 2 aromatic heterocycles. The van der Waals surface area contributed by atoms with E-state index in [0.717, 1.165) is 31.2 Å². The number of hydrogen-bond donors (Lipinski definition) is 1. The van der Waals surface area contributed by atoms with Crippen molar-refractivity contribution in [2.75, 3.05) is 26.2 Å². The SMILES string of the molecule is Cc1nc(C(=O)NC[C@@H]2CO[C@@H]3CN(Cc4cccnc4)C[C@H]23)cs1. The molecule has 3 atom stereocenters. The zero-order chi connectivity index (χ0) is 17.2. The van der Waals surface area contributed by atoms with Gasteiger partial charge in [-0.3, -0.25) is 14.7 Å². The van der Waals surface area contributed by atoms with E-state index < -0.39 is 0 Å². The Labute approximate surface area is 151 Å². The van der Waals surface area contributed by atoms with Gasteiger partial charge in [-0.1, -0.05) is 6.07 Å². The molecular weight excluding hydrogens is 336 g/mol. The van der Waals surface area contributed by atoms with Gasteiger partial charge in [0.05, 0.1) is 17.7 Å². The number of nitrogens with zero attached hydrogens (tertiary/aromatic N) is 3. The largest absolute Gasteiger partial charge is 0.376 e. The molecule has 6 nitrogen and oxygen atoms in total. The average Bonchev–Trinajstić information content (AvgIpc) is 3.30. The van der Waals surface area contributed by atoms with Crippen LogP contribution in [0, 0.1) is 18.8 Å². The Balaban J connectivity index is 1.30. The Morgan fingerprint density at radius 3 is 3.16 bits per heavy atom. The van der Waals surface area contributed by atoms with Crippen molar-refractivity contribution in [3.8, 4) is 0 Å². The molecule has 4 rings (SSSR count). The van der Waals surface area contributed by atoms with Gasteiger partial charge in [0.25, 0.3) is 5.91 Å². The second-order valence-electron chi connectivity index (χ2n) is 6.81. The van der Waals surface area contributed by atoms with Gasteiger partial charge in [-0.05, 0) is 18.6 Å². The molecule has 2 aliphatic heterocycles. The first-order valence-corrected chi connectivity index (χ1v) is 9.50. The molecule has 0 aliphatic carbocycles. The Bertz CT molecular complexity index is 736. The number of ether oxygens (including phenoxy) is 1. The van der Waals surface area contributed by atoms with Crippen LogP contribution in [0.25, 0.3) is 0 Å². The van der Waals surface area contributed by atoms with Gasteiger partial charge >= 0.3 is 0 Å². The summed E-state index contributed by atoms with van der Waals surface area (Å²) in [5, 5.41) is 5.75. The fraction of sp³-hybridized carbons (Fsp3) is 0.500. The zero-order valence-electron chi connectivity index (χ0n) is 14.2. The molecule has 1 amide bonds. The molecule has 132 valence electrons. The molecule has 7 heteroatoms. The lowest BCUT2D eigenvalue weighted by atomic mass is 9.93. The predicted octanol–water partition coefficient (Wildman–Crippen LogP) is 1.72. The number of amides is 1. The summed E-state index contributed by atoms with van der Waals surface area (Å²) in [6.45, 7) is 6.16. The number of thiazole rings is 1. The van der Waals surface area contributed by atoms with Crippen LogP contribution in [0.4, 0.5) is 0 Å². The van der Waals surface area contributed by atoms with Crippen molar-refractivity contribution in [2.45, 2.75) is 19.6 Å². The van der Waals surface area contributed by atoms with Gasteiger partial charge in [-0.2, -0.15) is 0 Å². The van der Waals surface area contributed by atoms with Crippen LogP contribution in [-0.4, -0.2) is 53.1 Å². The molecule has 0 saturated carbocycles. The van der Waals surface area contributed by atoms with Gasteiger partial charge in [-0.25, -0.2) is 4.98 Å². The van der Waals surface area contributed by atoms with E-state index in [0.29, 0.717) is 24.1 Å². The lowest BCUT2D eigenvalue weighted by Gasteiger charge is -2.19. The standard InChI is InChI=1S/C18H22N4O2S/c1-12-21-16(11-25-12)18(23)20-6-14-10-24-17-9-22(8-15(14)17)7-13-3-2-4-19-5-13/h2-5,11,14-15,17H,6-10H2,1H3,(H,20,23)/t14-,15-,17-/m1/s1. The van der Waals surface area contributed by atoms with Crippen LogP contribution in [-0.2, 0) is 11.3 Å². The fourth-order valence-corrected chi connectivity index (χ4v) is 4.34. The molecule has 0 radical (unpaired) electrons. The Morgan fingerprint density at radius 1 is 1.48 bits per heavy atom. The highest BCUT2D eigenvalue weighted by Gasteiger charge is 2.43. The van der Waals surface area contributed by atoms with Crippen molar-refractivity contribution in [1.82, 2.24) is 20.2 Å². The van der Waals surface area contributed by atoms with Gasteiger partial charge < -0.3 is 10.1 Å². The van der Waals surface area contributed by atoms with Crippen molar-refractivity contribution in [3.63, 3.8) is 0 Å². The summed E-state index contributed by atoms with van der Waals surface area (Å²) in [4.78, 5) is 23.0. The van der Waals surface area contributed by atoms with E-state index in [2.05, 4.69) is 26.3 Å². The maximum atomic E-state index is 12.2. The van der Waals surface area contributed by atoms with Crippen LogP contribution in [0.1, 0.15) is 21.1 Å². The van der Waals surface area contributed by atoms with E-state index in [1.807, 2.05) is 24.6 Å². The fourth-order valence-electron chi connectivity index (χ4n) is 3.75. The molecule has 4 heterocycles. The Hall–Kier alpha value is -1.83.